The lowest BCUT2D eigenvalue weighted by Gasteiger charge is -2.09. The van der Waals surface area contributed by atoms with Gasteiger partial charge in [-0.05, 0) is 54.9 Å². The van der Waals surface area contributed by atoms with Gasteiger partial charge in [-0.1, -0.05) is 0 Å². The third-order valence-electron chi connectivity index (χ3n) is 2.45. The van der Waals surface area contributed by atoms with Crippen molar-refractivity contribution < 1.29 is 4.74 Å². The molecular formula is C13H21BrN2O2. The second-order valence-corrected chi connectivity index (χ2v) is 5.23. The number of halogens is 1. The molecule has 0 amide bonds. The van der Waals surface area contributed by atoms with Gasteiger partial charge in [0, 0.05) is 25.9 Å². The maximum atomic E-state index is 11.7. The molecule has 1 N–H and O–H groups in total. The summed E-state index contributed by atoms with van der Waals surface area (Å²) >= 11 is 3.23. The van der Waals surface area contributed by atoms with Crippen LogP contribution in [0.25, 0.3) is 0 Å². The number of ether oxygens (including phenoxy) is 1. The van der Waals surface area contributed by atoms with Gasteiger partial charge in [0.25, 0.3) is 5.56 Å². The second kappa shape index (κ2) is 8.45. The number of nitrogens with one attached hydrogen (secondary N) is 1. The first-order valence-corrected chi connectivity index (χ1v) is 7.08. The van der Waals surface area contributed by atoms with Crippen molar-refractivity contribution in [1.82, 2.24) is 9.88 Å². The maximum Gasteiger partial charge on any atom is 0.264 e. The van der Waals surface area contributed by atoms with Crippen molar-refractivity contribution in [2.24, 2.45) is 0 Å². The van der Waals surface area contributed by atoms with Gasteiger partial charge in [0.15, 0.2) is 0 Å². The van der Waals surface area contributed by atoms with Crippen molar-refractivity contribution in [3.63, 3.8) is 0 Å². The Morgan fingerprint density at radius 2 is 2.22 bits per heavy atom. The fourth-order valence-electron chi connectivity index (χ4n) is 1.52. The van der Waals surface area contributed by atoms with Crippen LogP contribution in [0.3, 0.4) is 0 Å². The Morgan fingerprint density at radius 1 is 1.44 bits per heavy atom. The van der Waals surface area contributed by atoms with E-state index in [9.17, 15) is 4.79 Å². The molecule has 1 heterocycles. The Hall–Kier alpha value is -0.650. The fraction of sp³-hybridized carbons (Fsp3) is 0.615. The van der Waals surface area contributed by atoms with Crippen molar-refractivity contribution in [2.75, 3.05) is 19.7 Å². The number of pyridine rings is 1. The molecule has 5 heteroatoms. The highest BCUT2D eigenvalue weighted by atomic mass is 79.9. The molecule has 4 nitrogen and oxygen atoms in total. The molecule has 102 valence electrons. The van der Waals surface area contributed by atoms with E-state index in [1.165, 1.54) is 0 Å². The number of rotatable bonds is 8. The standard InChI is InChI=1S/C13H21BrN2O2/c1-11(2)18-10-4-6-15-7-9-16-8-3-5-12(14)13(16)17/h3,5,8,11,15H,4,6-7,9-10H2,1-2H3. The van der Waals surface area contributed by atoms with Crippen LogP contribution in [0.2, 0.25) is 0 Å². The summed E-state index contributed by atoms with van der Waals surface area (Å²) in [6, 6.07) is 3.62. The average molecular weight is 317 g/mol. The quantitative estimate of drug-likeness (QED) is 0.746. The van der Waals surface area contributed by atoms with Crippen LogP contribution >= 0.6 is 15.9 Å². The molecule has 0 saturated carbocycles. The second-order valence-electron chi connectivity index (χ2n) is 4.38. The summed E-state index contributed by atoms with van der Waals surface area (Å²) in [5.74, 6) is 0. The van der Waals surface area contributed by atoms with Crippen LogP contribution in [0.4, 0.5) is 0 Å². The zero-order chi connectivity index (χ0) is 13.4. The molecule has 0 aliphatic rings. The molecule has 0 spiro atoms. The van der Waals surface area contributed by atoms with Gasteiger partial charge in [0.1, 0.15) is 0 Å². The third kappa shape index (κ3) is 5.80. The normalized spacial score (nSPS) is 11.1. The van der Waals surface area contributed by atoms with E-state index in [4.69, 9.17) is 4.74 Å². The van der Waals surface area contributed by atoms with Gasteiger partial charge in [-0.3, -0.25) is 4.79 Å². The summed E-state index contributed by atoms with van der Waals surface area (Å²) in [5, 5.41) is 3.30. The zero-order valence-electron chi connectivity index (χ0n) is 11.0. The topological polar surface area (TPSA) is 43.3 Å². The lowest BCUT2D eigenvalue weighted by Crippen LogP contribution is -2.27. The van der Waals surface area contributed by atoms with E-state index >= 15 is 0 Å². The average Bonchev–Trinajstić information content (AvgIpc) is 2.32. The van der Waals surface area contributed by atoms with Gasteiger partial charge in [-0.25, -0.2) is 0 Å². The predicted molar refractivity (Wildman–Crippen MR) is 77.0 cm³/mol. The number of hydrogen-bond acceptors (Lipinski definition) is 3. The summed E-state index contributed by atoms with van der Waals surface area (Å²) in [4.78, 5) is 11.7. The first kappa shape index (κ1) is 15.4. The van der Waals surface area contributed by atoms with Crippen LogP contribution in [0, 0.1) is 0 Å². The van der Waals surface area contributed by atoms with Crippen molar-refractivity contribution in [3.05, 3.63) is 33.2 Å². The predicted octanol–water partition coefficient (Wildman–Crippen LogP) is 2.02. The highest BCUT2D eigenvalue weighted by Crippen LogP contribution is 2.00. The molecule has 0 unspecified atom stereocenters. The molecule has 0 saturated heterocycles. The summed E-state index contributed by atoms with van der Waals surface area (Å²) in [5.41, 5.74) is 0.0161. The van der Waals surface area contributed by atoms with E-state index < -0.39 is 0 Å². The van der Waals surface area contributed by atoms with Crippen LogP contribution < -0.4 is 10.9 Å². The highest BCUT2D eigenvalue weighted by molar-refractivity contribution is 9.10. The van der Waals surface area contributed by atoms with E-state index in [1.54, 1.807) is 16.8 Å². The number of hydrogen-bond donors (Lipinski definition) is 1. The van der Waals surface area contributed by atoms with E-state index in [0.717, 1.165) is 26.1 Å². The number of nitrogens with zero attached hydrogens (tertiary/aromatic N) is 1. The Morgan fingerprint density at radius 3 is 2.94 bits per heavy atom. The Kier molecular flexibility index (Phi) is 7.23. The lowest BCUT2D eigenvalue weighted by molar-refractivity contribution is 0.0771. The van der Waals surface area contributed by atoms with E-state index in [0.29, 0.717) is 17.1 Å². The van der Waals surface area contributed by atoms with Crippen molar-refractivity contribution in [2.45, 2.75) is 32.9 Å². The Labute approximate surface area is 116 Å². The van der Waals surface area contributed by atoms with Gasteiger partial charge >= 0.3 is 0 Å². The first-order valence-electron chi connectivity index (χ1n) is 6.28. The van der Waals surface area contributed by atoms with Crippen LogP contribution in [0.1, 0.15) is 20.3 Å². The van der Waals surface area contributed by atoms with Gasteiger partial charge in [-0.15, -0.1) is 0 Å². The van der Waals surface area contributed by atoms with Gasteiger partial charge in [0.05, 0.1) is 10.6 Å². The summed E-state index contributed by atoms with van der Waals surface area (Å²) < 4.78 is 7.74. The molecule has 0 fully saturated rings. The molecule has 1 rings (SSSR count). The van der Waals surface area contributed by atoms with Crippen LogP contribution in [0.5, 0.6) is 0 Å². The van der Waals surface area contributed by atoms with Gasteiger partial charge in [-0.2, -0.15) is 0 Å². The summed E-state index contributed by atoms with van der Waals surface area (Å²) in [7, 11) is 0. The van der Waals surface area contributed by atoms with E-state index in [1.807, 2.05) is 19.9 Å². The lowest BCUT2D eigenvalue weighted by atomic mass is 10.4. The largest absolute Gasteiger partial charge is 0.379 e. The van der Waals surface area contributed by atoms with Crippen molar-refractivity contribution >= 4 is 15.9 Å². The SMILES string of the molecule is CC(C)OCCCNCCn1cccc(Br)c1=O. The minimum Gasteiger partial charge on any atom is -0.379 e. The summed E-state index contributed by atoms with van der Waals surface area (Å²) in [6.45, 7) is 7.23. The molecule has 0 radical (unpaired) electrons. The molecule has 0 aromatic carbocycles. The maximum absolute atomic E-state index is 11.7. The monoisotopic (exact) mass is 316 g/mol. The molecular weight excluding hydrogens is 296 g/mol. The third-order valence-corrected chi connectivity index (χ3v) is 3.06. The molecule has 0 aliphatic heterocycles. The zero-order valence-corrected chi connectivity index (χ0v) is 12.6. The van der Waals surface area contributed by atoms with Gasteiger partial charge < -0.3 is 14.6 Å². The molecule has 1 aromatic rings. The highest BCUT2D eigenvalue weighted by Gasteiger charge is 1.99. The molecule has 0 atom stereocenters. The molecule has 18 heavy (non-hydrogen) atoms. The van der Waals surface area contributed by atoms with E-state index in [2.05, 4.69) is 21.2 Å². The number of aromatic nitrogens is 1. The molecule has 0 bridgehead atoms. The van der Waals surface area contributed by atoms with Crippen molar-refractivity contribution in [1.29, 1.82) is 0 Å². The minimum atomic E-state index is 0.0161. The Balaban J connectivity index is 2.15. The van der Waals surface area contributed by atoms with Crippen LogP contribution in [-0.2, 0) is 11.3 Å². The van der Waals surface area contributed by atoms with Gasteiger partial charge in [0.2, 0.25) is 0 Å². The first-order chi connectivity index (χ1) is 8.61. The van der Waals surface area contributed by atoms with Crippen LogP contribution in [0.15, 0.2) is 27.6 Å². The molecule has 1 aromatic heterocycles. The Bertz CT molecular complexity index is 404. The van der Waals surface area contributed by atoms with Crippen LogP contribution in [-0.4, -0.2) is 30.4 Å². The molecule has 0 aliphatic carbocycles. The smallest absolute Gasteiger partial charge is 0.264 e. The summed E-state index contributed by atoms with van der Waals surface area (Å²) in [6.07, 6.45) is 3.09. The minimum absolute atomic E-state index is 0.0161. The fourth-order valence-corrected chi connectivity index (χ4v) is 1.90. The van der Waals surface area contributed by atoms with Crippen molar-refractivity contribution in [3.8, 4) is 0 Å². The van der Waals surface area contributed by atoms with E-state index in [-0.39, 0.29) is 5.56 Å².